The third-order valence-electron chi connectivity index (χ3n) is 5.62. The molecule has 2 fully saturated rings. The van der Waals surface area contributed by atoms with E-state index in [0.717, 1.165) is 4.91 Å². The molecule has 6 unspecified atom stereocenters. The van der Waals surface area contributed by atoms with Crippen LogP contribution in [0.4, 0.5) is 0 Å². The van der Waals surface area contributed by atoms with Gasteiger partial charge < -0.3 is 20.5 Å². The first kappa shape index (κ1) is 19.2. The van der Waals surface area contributed by atoms with Gasteiger partial charge in [-0.15, -0.1) is 11.8 Å². The smallest absolute Gasteiger partial charge is 0.355 e. The standard InChI is InChI=1S/C17H25N3O5S/c1-7-12-11(8(2)21)16(23)20(12)13(17(24)25-4)14(7)26-9-5-10(15(18)22)19(3)6-9/h7-12,21H,5-6H2,1-4H3,(H2,18,22). The molecule has 0 saturated carbocycles. The molecule has 0 aromatic heterocycles. The number of hydrogen-bond acceptors (Lipinski definition) is 7. The number of aliphatic hydroxyl groups excluding tert-OH is 1. The van der Waals surface area contributed by atoms with E-state index in [2.05, 4.69) is 0 Å². The number of ether oxygens (including phenoxy) is 1. The molecule has 0 bridgehead atoms. The molecule has 144 valence electrons. The number of rotatable bonds is 5. The number of hydrogen-bond donors (Lipinski definition) is 2. The highest BCUT2D eigenvalue weighted by Gasteiger charge is 2.60. The van der Waals surface area contributed by atoms with Crippen LogP contribution in [0.3, 0.4) is 0 Å². The van der Waals surface area contributed by atoms with Crippen LogP contribution in [0, 0.1) is 11.8 Å². The van der Waals surface area contributed by atoms with Crippen LogP contribution < -0.4 is 5.73 Å². The number of β-lactam (4-membered cyclic amide) rings is 1. The SMILES string of the molecule is COC(=O)C1=C(SC2CC(C(N)=O)N(C)C2)C(C)C2C(C(C)O)C(=O)N12. The summed E-state index contributed by atoms with van der Waals surface area (Å²) in [6, 6.07) is -0.555. The van der Waals surface area contributed by atoms with Crippen molar-refractivity contribution in [2.75, 3.05) is 20.7 Å². The molecule has 3 aliphatic heterocycles. The Balaban J connectivity index is 1.87. The lowest BCUT2D eigenvalue weighted by Crippen LogP contribution is -2.63. The van der Waals surface area contributed by atoms with Gasteiger partial charge in [0.1, 0.15) is 5.70 Å². The van der Waals surface area contributed by atoms with Gasteiger partial charge >= 0.3 is 5.97 Å². The maximum Gasteiger partial charge on any atom is 0.355 e. The van der Waals surface area contributed by atoms with Gasteiger partial charge in [0.05, 0.1) is 31.2 Å². The highest BCUT2D eigenvalue weighted by Crippen LogP contribution is 2.52. The van der Waals surface area contributed by atoms with E-state index in [4.69, 9.17) is 10.5 Å². The summed E-state index contributed by atoms with van der Waals surface area (Å²) in [6.45, 7) is 4.22. The predicted octanol–water partition coefficient (Wildman–Crippen LogP) is -0.480. The van der Waals surface area contributed by atoms with Gasteiger partial charge in [0.2, 0.25) is 11.8 Å². The van der Waals surface area contributed by atoms with E-state index in [0.29, 0.717) is 13.0 Å². The van der Waals surface area contributed by atoms with E-state index in [1.807, 2.05) is 18.9 Å². The average molecular weight is 383 g/mol. The largest absolute Gasteiger partial charge is 0.464 e. The van der Waals surface area contributed by atoms with Gasteiger partial charge in [-0.3, -0.25) is 14.5 Å². The molecule has 3 heterocycles. The van der Waals surface area contributed by atoms with Crippen molar-refractivity contribution in [3.8, 4) is 0 Å². The lowest BCUT2D eigenvalue weighted by atomic mass is 9.79. The number of carbonyl (C=O) groups excluding carboxylic acids is 3. The quantitative estimate of drug-likeness (QED) is 0.487. The van der Waals surface area contributed by atoms with Gasteiger partial charge in [0.15, 0.2) is 0 Å². The summed E-state index contributed by atoms with van der Waals surface area (Å²) in [5, 5.41) is 10.0. The van der Waals surface area contributed by atoms with Crippen LogP contribution in [0.15, 0.2) is 10.6 Å². The number of nitrogens with zero attached hydrogens (tertiary/aromatic N) is 2. The minimum atomic E-state index is -0.772. The third kappa shape index (κ3) is 2.82. The molecule has 0 spiro atoms. The first-order valence-corrected chi connectivity index (χ1v) is 9.56. The number of aliphatic hydroxyl groups is 1. The molecule has 0 aliphatic carbocycles. The second-order valence-corrected chi connectivity index (χ2v) is 8.63. The van der Waals surface area contributed by atoms with Crippen molar-refractivity contribution in [3.05, 3.63) is 10.6 Å². The Hall–Kier alpha value is -1.58. The zero-order chi connectivity index (χ0) is 19.3. The number of thioether (sulfide) groups is 1. The average Bonchev–Trinajstić information content (AvgIpc) is 3.04. The van der Waals surface area contributed by atoms with E-state index < -0.39 is 18.0 Å². The number of likely N-dealkylation sites (N-methyl/N-ethyl adjacent to an activating group) is 1. The molecule has 2 saturated heterocycles. The second-order valence-electron chi connectivity index (χ2n) is 7.29. The summed E-state index contributed by atoms with van der Waals surface area (Å²) in [6.07, 6.45) is -0.175. The number of likely N-dealkylation sites (tertiary alicyclic amines) is 1. The van der Waals surface area contributed by atoms with Crippen LogP contribution in [0.25, 0.3) is 0 Å². The second kappa shape index (κ2) is 6.86. The van der Waals surface area contributed by atoms with Crippen LogP contribution in [0.5, 0.6) is 0 Å². The first-order chi connectivity index (χ1) is 12.2. The number of carbonyl (C=O) groups is 3. The molecule has 26 heavy (non-hydrogen) atoms. The van der Waals surface area contributed by atoms with Crippen LogP contribution in [-0.4, -0.2) is 76.8 Å². The van der Waals surface area contributed by atoms with Crippen molar-refractivity contribution in [1.29, 1.82) is 0 Å². The van der Waals surface area contributed by atoms with E-state index in [1.54, 1.807) is 6.92 Å². The topological polar surface area (TPSA) is 113 Å². The molecular weight excluding hydrogens is 358 g/mol. The van der Waals surface area contributed by atoms with Crippen molar-refractivity contribution in [1.82, 2.24) is 9.80 Å². The van der Waals surface area contributed by atoms with Crippen molar-refractivity contribution < 1.29 is 24.2 Å². The first-order valence-electron chi connectivity index (χ1n) is 8.68. The molecule has 6 atom stereocenters. The van der Waals surface area contributed by atoms with Crippen LogP contribution in [-0.2, 0) is 19.1 Å². The molecule has 3 aliphatic rings. The monoisotopic (exact) mass is 383 g/mol. The number of nitrogens with two attached hydrogens (primary N) is 1. The number of methoxy groups -OCH3 is 1. The summed E-state index contributed by atoms with van der Waals surface area (Å²) in [4.78, 5) is 40.6. The van der Waals surface area contributed by atoms with E-state index >= 15 is 0 Å². The fraction of sp³-hybridized carbons (Fsp3) is 0.706. The summed E-state index contributed by atoms with van der Waals surface area (Å²) in [7, 11) is 3.14. The maximum atomic E-state index is 12.5. The predicted molar refractivity (Wildman–Crippen MR) is 95.6 cm³/mol. The van der Waals surface area contributed by atoms with E-state index in [-0.39, 0.29) is 40.8 Å². The summed E-state index contributed by atoms with van der Waals surface area (Å²) < 4.78 is 4.90. The number of esters is 1. The number of fused-ring (bicyclic) bond motifs is 1. The molecule has 2 amide bonds. The van der Waals surface area contributed by atoms with Crippen molar-refractivity contribution in [2.24, 2.45) is 17.6 Å². The Labute approximate surface area is 156 Å². The highest BCUT2D eigenvalue weighted by atomic mass is 32.2. The molecule has 9 heteroatoms. The summed E-state index contributed by atoms with van der Waals surface area (Å²) in [5.41, 5.74) is 5.73. The minimum absolute atomic E-state index is 0.0793. The zero-order valence-electron chi connectivity index (χ0n) is 15.3. The van der Waals surface area contributed by atoms with Crippen LogP contribution in [0.1, 0.15) is 20.3 Å². The van der Waals surface area contributed by atoms with Crippen molar-refractivity contribution in [3.63, 3.8) is 0 Å². The fourth-order valence-corrected chi connectivity index (χ4v) is 5.91. The molecule has 0 aromatic carbocycles. The Kier molecular flexibility index (Phi) is 5.06. The zero-order valence-corrected chi connectivity index (χ0v) is 16.2. The van der Waals surface area contributed by atoms with Gasteiger partial charge in [-0.2, -0.15) is 0 Å². The van der Waals surface area contributed by atoms with Crippen molar-refractivity contribution in [2.45, 2.75) is 43.7 Å². The van der Waals surface area contributed by atoms with Crippen molar-refractivity contribution >= 4 is 29.5 Å². The molecule has 0 aromatic rings. The normalized spacial score (nSPS) is 35.3. The van der Waals surface area contributed by atoms with Gasteiger partial charge in [0.25, 0.3) is 0 Å². The number of amides is 2. The molecule has 3 N–H and O–H groups in total. The Bertz CT molecular complexity index is 679. The van der Waals surface area contributed by atoms with Gasteiger partial charge in [-0.25, -0.2) is 4.79 Å². The highest BCUT2D eigenvalue weighted by molar-refractivity contribution is 8.03. The maximum absolute atomic E-state index is 12.5. The fourth-order valence-electron chi connectivity index (χ4n) is 4.32. The van der Waals surface area contributed by atoms with E-state index in [1.165, 1.54) is 23.8 Å². The van der Waals surface area contributed by atoms with Gasteiger partial charge in [0, 0.05) is 22.6 Å². The Morgan fingerprint density at radius 2 is 2.08 bits per heavy atom. The third-order valence-corrected chi connectivity index (χ3v) is 7.11. The molecule has 8 nitrogen and oxygen atoms in total. The van der Waals surface area contributed by atoms with Crippen LogP contribution in [0.2, 0.25) is 0 Å². The van der Waals surface area contributed by atoms with Gasteiger partial charge in [-0.1, -0.05) is 6.92 Å². The summed E-state index contributed by atoms with van der Waals surface area (Å²) >= 11 is 1.52. The van der Waals surface area contributed by atoms with Gasteiger partial charge in [-0.05, 0) is 20.4 Å². The Morgan fingerprint density at radius 3 is 2.58 bits per heavy atom. The van der Waals surface area contributed by atoms with E-state index in [9.17, 15) is 19.5 Å². The minimum Gasteiger partial charge on any atom is -0.464 e. The van der Waals surface area contributed by atoms with Crippen LogP contribution >= 0.6 is 11.8 Å². The summed E-state index contributed by atoms with van der Waals surface area (Å²) in [5.74, 6) is -1.73. The lowest BCUT2D eigenvalue weighted by molar-refractivity contribution is -0.163. The Morgan fingerprint density at radius 1 is 1.42 bits per heavy atom. The molecule has 3 rings (SSSR count). The lowest BCUT2D eigenvalue weighted by Gasteiger charge is -2.46. The number of primary amides is 1. The molecular formula is C17H25N3O5S. The molecule has 0 radical (unpaired) electrons.